The van der Waals surface area contributed by atoms with Crippen molar-refractivity contribution in [3.05, 3.63) is 72.6 Å². The van der Waals surface area contributed by atoms with Crippen molar-refractivity contribution in [3.63, 3.8) is 0 Å². The predicted molar refractivity (Wildman–Crippen MR) is 213 cm³/mol. The number of carboxylic acid groups (broad SMARTS) is 1. The first kappa shape index (κ1) is 41.8. The van der Waals surface area contributed by atoms with Crippen LogP contribution in [0.5, 0.6) is 0 Å². The second-order valence-corrected chi connectivity index (χ2v) is 15.4. The summed E-state index contributed by atoms with van der Waals surface area (Å²) in [4.78, 5) is 71.8. The number of halogens is 2. The number of hydrogen-bond acceptors (Lipinski definition) is 7. The number of benzene rings is 2. The number of nitrogens with zero attached hydrogens (tertiary/aromatic N) is 5. The number of rotatable bonds is 15. The van der Waals surface area contributed by atoms with Crippen molar-refractivity contribution < 1.29 is 37.8 Å². The van der Waals surface area contributed by atoms with Gasteiger partial charge in [0.1, 0.15) is 43.7 Å². The number of hydrogen-bond donors (Lipinski definition) is 4. The maximum atomic E-state index is 13.7. The molecule has 16 heteroatoms. The molecule has 2 fully saturated rings. The molecule has 2 aliphatic heterocycles. The minimum absolute atomic E-state index is 0.209. The van der Waals surface area contributed by atoms with Gasteiger partial charge in [0.05, 0.1) is 42.4 Å². The molecule has 4 amide bonds. The van der Waals surface area contributed by atoms with Gasteiger partial charge >= 0.3 is 12.2 Å². The highest BCUT2D eigenvalue weighted by Gasteiger charge is 2.41. The summed E-state index contributed by atoms with van der Waals surface area (Å²) in [6.07, 6.45) is 4.27. The van der Waals surface area contributed by atoms with Crippen LogP contribution in [0, 0.1) is 11.8 Å². The lowest BCUT2D eigenvalue weighted by Gasteiger charge is -2.35. The van der Waals surface area contributed by atoms with Crippen molar-refractivity contribution in [3.8, 4) is 33.6 Å². The van der Waals surface area contributed by atoms with E-state index in [0.29, 0.717) is 31.2 Å². The fourth-order valence-electron chi connectivity index (χ4n) is 8.00. The van der Waals surface area contributed by atoms with Gasteiger partial charge < -0.3 is 34.9 Å². The molecule has 2 aliphatic rings. The second kappa shape index (κ2) is 18.6. The number of H-pyrrole nitrogens is 2. The molecule has 4 N–H and O–H groups in total. The molecule has 58 heavy (non-hydrogen) atoms. The number of aromatic amines is 2. The third-order valence-electron chi connectivity index (χ3n) is 10.9. The monoisotopic (exact) mass is 802 g/mol. The molecule has 0 radical (unpaired) electrons. The molecule has 4 aromatic rings. The van der Waals surface area contributed by atoms with Gasteiger partial charge in [0, 0.05) is 13.1 Å². The van der Waals surface area contributed by atoms with Crippen LogP contribution in [0.4, 0.5) is 18.4 Å². The zero-order valence-electron chi connectivity index (χ0n) is 33.3. The Kier molecular flexibility index (Phi) is 13.4. The van der Waals surface area contributed by atoms with E-state index in [1.807, 2.05) is 62.4 Å². The van der Waals surface area contributed by atoms with Gasteiger partial charge in [0.15, 0.2) is 0 Å². The van der Waals surface area contributed by atoms with Gasteiger partial charge in [0.2, 0.25) is 11.8 Å². The highest BCUT2D eigenvalue weighted by Crippen LogP contribution is 2.35. The largest absolute Gasteiger partial charge is 0.465 e. The fraction of sp³-hybridized carbons (Fsp3) is 0.476. The van der Waals surface area contributed by atoms with Gasteiger partial charge in [-0.2, -0.15) is 0 Å². The Morgan fingerprint density at radius 3 is 1.69 bits per heavy atom. The van der Waals surface area contributed by atoms with Gasteiger partial charge in [-0.25, -0.2) is 28.3 Å². The molecule has 0 spiro atoms. The van der Waals surface area contributed by atoms with Crippen LogP contribution in [0.15, 0.2) is 60.9 Å². The van der Waals surface area contributed by atoms with E-state index >= 15 is 0 Å². The number of imidazole rings is 2. The first-order chi connectivity index (χ1) is 27.9. The molecule has 6 rings (SSSR count). The molecule has 0 saturated carbocycles. The van der Waals surface area contributed by atoms with Crippen molar-refractivity contribution in [1.29, 1.82) is 0 Å². The van der Waals surface area contributed by atoms with Gasteiger partial charge in [-0.15, -0.1) is 0 Å². The minimum atomic E-state index is -1.32. The van der Waals surface area contributed by atoms with E-state index in [-0.39, 0.29) is 48.9 Å². The van der Waals surface area contributed by atoms with Crippen molar-refractivity contribution >= 4 is 24.0 Å². The van der Waals surface area contributed by atoms with Gasteiger partial charge in [-0.05, 0) is 59.8 Å². The zero-order chi connectivity index (χ0) is 41.5. The van der Waals surface area contributed by atoms with Crippen LogP contribution in [-0.4, -0.2) is 115 Å². The fourth-order valence-corrected chi connectivity index (χ4v) is 8.00. The SMILES string of the molecule is CC(C)[C@H](NC(=O)OCCF)C(=O)N1CCCC1c1ncc(-c2ccc(-c3ccc(-c4cnc([C@@H]5CCCN5C(=O)[C@H](C(C)C)N(CCF)C(=O)O)[nH]4)cc3)cc2)[nH]1. The van der Waals surface area contributed by atoms with Crippen LogP contribution in [0.1, 0.15) is 77.1 Å². The Labute approximate surface area is 336 Å². The smallest absolute Gasteiger partial charge is 0.408 e. The van der Waals surface area contributed by atoms with Crippen molar-refractivity contribution in [2.75, 3.05) is 39.6 Å². The van der Waals surface area contributed by atoms with E-state index < -0.39 is 37.6 Å². The highest BCUT2D eigenvalue weighted by molar-refractivity contribution is 5.87. The number of alkyl carbamates (subject to hydrolysis) is 1. The van der Waals surface area contributed by atoms with Crippen LogP contribution >= 0.6 is 0 Å². The summed E-state index contributed by atoms with van der Waals surface area (Å²) < 4.78 is 30.6. The number of amides is 4. The molecular formula is C42H52F2N8O6. The van der Waals surface area contributed by atoms with E-state index in [9.17, 15) is 33.1 Å². The molecule has 2 saturated heterocycles. The van der Waals surface area contributed by atoms with E-state index in [1.54, 1.807) is 36.0 Å². The molecule has 0 bridgehead atoms. The van der Waals surface area contributed by atoms with E-state index in [4.69, 9.17) is 4.74 Å². The summed E-state index contributed by atoms with van der Waals surface area (Å²) in [6, 6.07) is 13.7. The predicted octanol–water partition coefficient (Wildman–Crippen LogP) is 7.16. The summed E-state index contributed by atoms with van der Waals surface area (Å²) >= 11 is 0. The standard InChI is InChI=1S/C42H52F2N8O6/c1-25(2)35(49-41(55)58-22-18-44)39(53)50-19-5-7-33(50)37-45-23-31(47-37)29-13-9-27(10-14-29)28-11-15-30(16-12-28)32-24-46-38(48-32)34-8-6-20-51(34)40(54)36(26(3)4)52(21-17-43)42(56)57/h9-16,23-26,33-36H,5-8,17-22H2,1-4H3,(H,45,47)(H,46,48)(H,49,55)(H,56,57)/t33?,34-,35-,36-/m0/s1. The summed E-state index contributed by atoms with van der Waals surface area (Å²) in [5, 5.41) is 12.3. The normalized spacial score (nSPS) is 17.8. The lowest BCUT2D eigenvalue weighted by Crippen LogP contribution is -2.53. The average Bonchev–Trinajstić information content (AvgIpc) is 4.05. The number of nitrogens with one attached hydrogen (secondary N) is 3. The van der Waals surface area contributed by atoms with Crippen LogP contribution in [0.2, 0.25) is 0 Å². The van der Waals surface area contributed by atoms with E-state index in [0.717, 1.165) is 57.8 Å². The van der Waals surface area contributed by atoms with Crippen molar-refractivity contribution in [2.45, 2.75) is 77.5 Å². The second-order valence-electron chi connectivity index (χ2n) is 15.4. The van der Waals surface area contributed by atoms with Gasteiger partial charge in [-0.1, -0.05) is 76.2 Å². The van der Waals surface area contributed by atoms with E-state index in [1.165, 1.54) is 0 Å². The van der Waals surface area contributed by atoms with Gasteiger partial charge in [-0.3, -0.25) is 14.5 Å². The Morgan fingerprint density at radius 2 is 1.26 bits per heavy atom. The average molecular weight is 803 g/mol. The lowest BCUT2D eigenvalue weighted by atomic mass is 10.0. The third-order valence-corrected chi connectivity index (χ3v) is 10.9. The van der Waals surface area contributed by atoms with Crippen molar-refractivity contribution in [1.82, 2.24) is 40.0 Å². The summed E-state index contributed by atoms with van der Waals surface area (Å²) in [6.45, 7) is 5.78. The number of carbonyl (C=O) groups is 4. The number of alkyl halides is 2. The Balaban J connectivity index is 1.10. The van der Waals surface area contributed by atoms with Gasteiger partial charge in [0.25, 0.3) is 0 Å². The molecule has 310 valence electrons. The van der Waals surface area contributed by atoms with Crippen molar-refractivity contribution in [2.24, 2.45) is 11.8 Å². The maximum Gasteiger partial charge on any atom is 0.408 e. The van der Waals surface area contributed by atoms with E-state index in [2.05, 4.69) is 25.3 Å². The first-order valence-electron chi connectivity index (χ1n) is 19.9. The number of likely N-dealkylation sites (tertiary alicyclic amines) is 2. The topological polar surface area (TPSA) is 177 Å². The molecule has 2 aromatic carbocycles. The summed E-state index contributed by atoms with van der Waals surface area (Å²) in [7, 11) is 0. The quantitative estimate of drug-likeness (QED) is 0.0979. The molecule has 1 unspecified atom stereocenters. The molecule has 2 aromatic heterocycles. The Hall–Kier alpha value is -5.80. The summed E-state index contributed by atoms with van der Waals surface area (Å²) in [5.41, 5.74) is 5.44. The first-order valence-corrected chi connectivity index (χ1v) is 19.9. The Bertz CT molecular complexity index is 2030. The number of aromatic nitrogens is 4. The molecule has 0 aliphatic carbocycles. The van der Waals surface area contributed by atoms with Crippen LogP contribution in [0.25, 0.3) is 33.6 Å². The molecular weight excluding hydrogens is 751 g/mol. The number of ether oxygens (including phenoxy) is 1. The van der Waals surface area contributed by atoms with Crippen LogP contribution < -0.4 is 5.32 Å². The minimum Gasteiger partial charge on any atom is -0.465 e. The lowest BCUT2D eigenvalue weighted by molar-refractivity contribution is -0.139. The highest BCUT2D eigenvalue weighted by atomic mass is 19.1. The van der Waals surface area contributed by atoms with Crippen LogP contribution in [0.3, 0.4) is 0 Å². The molecule has 14 nitrogen and oxygen atoms in total. The third kappa shape index (κ3) is 9.16. The molecule has 4 heterocycles. The maximum absolute atomic E-state index is 13.7. The Morgan fingerprint density at radius 1 is 0.776 bits per heavy atom. The molecule has 4 atom stereocenters. The van der Waals surface area contributed by atoms with Crippen LogP contribution in [-0.2, 0) is 14.3 Å². The number of carbonyl (C=O) groups excluding carboxylic acids is 3. The summed E-state index contributed by atoms with van der Waals surface area (Å²) in [5.74, 6) is 0.156. The zero-order valence-corrected chi connectivity index (χ0v) is 33.3.